The monoisotopic (exact) mass is 351 g/mol. The van der Waals surface area contributed by atoms with Crippen molar-refractivity contribution in [3.05, 3.63) is 29.3 Å². The van der Waals surface area contributed by atoms with Crippen LogP contribution in [0.3, 0.4) is 0 Å². The predicted molar refractivity (Wildman–Crippen MR) is 80.5 cm³/mol. The third-order valence-electron chi connectivity index (χ3n) is 6.48. The Kier molecular flexibility index (Phi) is 4.08. The van der Waals surface area contributed by atoms with E-state index in [-0.39, 0.29) is 17.0 Å². The number of rotatable bonds is 1. The standard InChI is InChI=1S/C18H25NO.BrH/c1-19-10-9-18-8-4-3-5-15(18)17(19)11-13-6-7-14(20-2)12-16(13)18;/h6-7,12,15,17H,3-5,8-11H2,1-2H3;1H. The molecule has 0 aromatic heterocycles. The molecule has 1 heterocycles. The molecule has 21 heavy (non-hydrogen) atoms. The van der Waals surface area contributed by atoms with Crippen LogP contribution in [0.2, 0.25) is 0 Å². The SMILES string of the molecule is COc1ccc2c(c1)C13CCCCC1C(C2)[NH+](C)CC3.[Br-]. The molecule has 1 aliphatic heterocycles. The van der Waals surface area contributed by atoms with Gasteiger partial charge in [-0.3, -0.25) is 0 Å². The average Bonchev–Trinajstić information content (AvgIpc) is 2.50. The number of ether oxygens (including phenoxy) is 1. The van der Waals surface area contributed by atoms with E-state index in [0.717, 1.165) is 17.7 Å². The Morgan fingerprint density at radius 2 is 2.10 bits per heavy atom. The number of quaternary nitrogens is 1. The van der Waals surface area contributed by atoms with E-state index >= 15 is 0 Å². The Balaban J connectivity index is 0.00000132. The van der Waals surface area contributed by atoms with E-state index in [2.05, 4.69) is 25.2 Å². The fourth-order valence-corrected chi connectivity index (χ4v) is 5.46. The van der Waals surface area contributed by atoms with Crippen LogP contribution in [0.4, 0.5) is 0 Å². The fraction of sp³-hybridized carbons (Fsp3) is 0.667. The number of nitrogens with one attached hydrogen (secondary N) is 1. The van der Waals surface area contributed by atoms with Crippen LogP contribution in [0, 0.1) is 5.92 Å². The van der Waals surface area contributed by atoms with Crippen LogP contribution in [0.15, 0.2) is 18.2 Å². The molecule has 1 aromatic rings. The maximum Gasteiger partial charge on any atom is 0.119 e. The van der Waals surface area contributed by atoms with Crippen molar-refractivity contribution < 1.29 is 26.6 Å². The molecule has 3 aliphatic rings. The highest BCUT2D eigenvalue weighted by atomic mass is 79.9. The zero-order chi connectivity index (χ0) is 13.7. The van der Waals surface area contributed by atoms with Crippen molar-refractivity contribution in [2.24, 2.45) is 5.92 Å². The van der Waals surface area contributed by atoms with Crippen LogP contribution in [0.25, 0.3) is 0 Å². The van der Waals surface area contributed by atoms with Gasteiger partial charge in [0, 0.05) is 24.2 Å². The zero-order valence-electron chi connectivity index (χ0n) is 13.1. The number of likely N-dealkylation sites (tertiary alicyclic amines) is 1. The van der Waals surface area contributed by atoms with Crippen molar-refractivity contribution >= 4 is 0 Å². The first-order valence-corrected chi connectivity index (χ1v) is 8.24. The minimum atomic E-state index is 0. The molecule has 1 N–H and O–H groups in total. The molecule has 3 heteroatoms. The van der Waals surface area contributed by atoms with E-state index in [0.29, 0.717) is 5.41 Å². The fourth-order valence-electron chi connectivity index (χ4n) is 5.46. The third kappa shape index (κ3) is 2.16. The molecule has 0 radical (unpaired) electrons. The summed E-state index contributed by atoms with van der Waals surface area (Å²) in [5.74, 6) is 1.96. The highest BCUT2D eigenvalue weighted by Gasteiger charge is 2.55. The largest absolute Gasteiger partial charge is 1.00 e. The molecule has 2 nitrogen and oxygen atoms in total. The normalized spacial score (nSPS) is 37.0. The predicted octanol–water partition coefficient (Wildman–Crippen LogP) is -1.03. The van der Waals surface area contributed by atoms with E-state index in [1.54, 1.807) is 23.1 Å². The van der Waals surface area contributed by atoms with Gasteiger partial charge in [0.05, 0.1) is 26.7 Å². The number of hydrogen-bond donors (Lipinski definition) is 1. The highest BCUT2D eigenvalue weighted by molar-refractivity contribution is 5.44. The van der Waals surface area contributed by atoms with Crippen molar-refractivity contribution in [3.8, 4) is 5.75 Å². The molecule has 4 unspecified atom stereocenters. The summed E-state index contributed by atoms with van der Waals surface area (Å²) in [5, 5.41) is 0. The molecule has 1 aromatic carbocycles. The summed E-state index contributed by atoms with van der Waals surface area (Å²) in [4.78, 5) is 1.77. The molecule has 4 rings (SSSR count). The summed E-state index contributed by atoms with van der Waals surface area (Å²) in [6, 6.07) is 7.71. The smallest absolute Gasteiger partial charge is 0.119 e. The molecular formula is C18H26BrNO. The van der Waals surface area contributed by atoms with Gasteiger partial charge in [-0.1, -0.05) is 18.9 Å². The minimum absolute atomic E-state index is 0. The molecule has 1 saturated heterocycles. The van der Waals surface area contributed by atoms with E-state index < -0.39 is 0 Å². The molecule has 0 spiro atoms. The number of piperidine rings is 1. The number of benzene rings is 1. The Labute approximate surface area is 138 Å². The second-order valence-corrected chi connectivity index (χ2v) is 7.19. The molecule has 1 saturated carbocycles. The van der Waals surface area contributed by atoms with Crippen molar-refractivity contribution in [1.82, 2.24) is 0 Å². The van der Waals surface area contributed by atoms with Gasteiger partial charge in [-0.2, -0.15) is 0 Å². The molecule has 116 valence electrons. The Morgan fingerprint density at radius 3 is 2.90 bits per heavy atom. The second-order valence-electron chi connectivity index (χ2n) is 7.19. The van der Waals surface area contributed by atoms with Crippen LogP contribution in [-0.2, 0) is 11.8 Å². The van der Waals surface area contributed by atoms with Gasteiger partial charge >= 0.3 is 0 Å². The average molecular weight is 352 g/mol. The van der Waals surface area contributed by atoms with Crippen LogP contribution in [0.5, 0.6) is 5.75 Å². The summed E-state index contributed by atoms with van der Waals surface area (Å²) in [5.41, 5.74) is 3.73. The first kappa shape index (κ1) is 15.4. The molecule has 2 bridgehead atoms. The summed E-state index contributed by atoms with van der Waals surface area (Å²) < 4.78 is 5.51. The number of halogens is 1. The molecule has 2 fully saturated rings. The number of likely N-dealkylation sites (N-methyl/N-ethyl adjacent to an activating group) is 1. The topological polar surface area (TPSA) is 13.7 Å². The Hall–Kier alpha value is -0.540. The lowest BCUT2D eigenvalue weighted by Gasteiger charge is -2.56. The summed E-state index contributed by atoms with van der Waals surface area (Å²) in [7, 11) is 4.21. The lowest BCUT2D eigenvalue weighted by Crippen LogP contribution is -3.16. The third-order valence-corrected chi connectivity index (χ3v) is 6.48. The number of methoxy groups -OCH3 is 1. The van der Waals surface area contributed by atoms with E-state index in [1.807, 2.05) is 0 Å². The molecule has 2 aliphatic carbocycles. The summed E-state index contributed by atoms with van der Waals surface area (Å²) in [6.07, 6.45) is 8.35. The van der Waals surface area contributed by atoms with Crippen LogP contribution >= 0.6 is 0 Å². The first-order chi connectivity index (χ1) is 9.74. The number of hydrogen-bond acceptors (Lipinski definition) is 1. The van der Waals surface area contributed by atoms with Crippen LogP contribution < -0.4 is 26.6 Å². The molecule has 4 atom stereocenters. The lowest BCUT2D eigenvalue weighted by molar-refractivity contribution is -0.919. The van der Waals surface area contributed by atoms with Gasteiger partial charge in [0.1, 0.15) is 5.75 Å². The van der Waals surface area contributed by atoms with Crippen molar-refractivity contribution in [3.63, 3.8) is 0 Å². The van der Waals surface area contributed by atoms with Crippen molar-refractivity contribution in [2.75, 3.05) is 20.7 Å². The lowest BCUT2D eigenvalue weighted by atomic mass is 9.52. The van der Waals surface area contributed by atoms with E-state index in [9.17, 15) is 0 Å². The van der Waals surface area contributed by atoms with Crippen LogP contribution in [-0.4, -0.2) is 26.7 Å². The van der Waals surface area contributed by atoms with Gasteiger partial charge in [0.15, 0.2) is 0 Å². The van der Waals surface area contributed by atoms with Gasteiger partial charge in [0.25, 0.3) is 0 Å². The summed E-state index contributed by atoms with van der Waals surface area (Å²) >= 11 is 0. The van der Waals surface area contributed by atoms with E-state index in [4.69, 9.17) is 4.74 Å². The van der Waals surface area contributed by atoms with Gasteiger partial charge in [-0.05, 0) is 36.1 Å². The summed E-state index contributed by atoms with van der Waals surface area (Å²) in [6.45, 7) is 1.35. The Bertz CT molecular complexity index is 532. The highest BCUT2D eigenvalue weighted by Crippen LogP contribution is 2.53. The molecular weight excluding hydrogens is 326 g/mol. The maximum atomic E-state index is 5.51. The number of fused-ring (bicyclic) bond motifs is 1. The molecule has 0 amide bonds. The Morgan fingerprint density at radius 1 is 1.24 bits per heavy atom. The van der Waals surface area contributed by atoms with E-state index in [1.165, 1.54) is 45.1 Å². The second kappa shape index (κ2) is 5.58. The van der Waals surface area contributed by atoms with Crippen molar-refractivity contribution in [2.45, 2.75) is 50.0 Å². The van der Waals surface area contributed by atoms with Gasteiger partial charge < -0.3 is 26.6 Å². The van der Waals surface area contributed by atoms with Gasteiger partial charge in [-0.15, -0.1) is 0 Å². The minimum Gasteiger partial charge on any atom is -1.00 e. The maximum absolute atomic E-state index is 5.51. The quantitative estimate of drug-likeness (QED) is 0.683. The zero-order valence-corrected chi connectivity index (χ0v) is 14.7. The first-order valence-electron chi connectivity index (χ1n) is 8.24. The van der Waals surface area contributed by atoms with Crippen LogP contribution in [0.1, 0.15) is 43.2 Å². The van der Waals surface area contributed by atoms with Crippen molar-refractivity contribution in [1.29, 1.82) is 0 Å². The van der Waals surface area contributed by atoms with Gasteiger partial charge in [0.2, 0.25) is 0 Å². The van der Waals surface area contributed by atoms with Gasteiger partial charge in [-0.25, -0.2) is 0 Å².